The number of hydrogen-bond acceptors (Lipinski definition) is 3. The van der Waals surface area contributed by atoms with Gasteiger partial charge in [-0.05, 0) is 59.2 Å². The van der Waals surface area contributed by atoms with Gasteiger partial charge in [-0.15, -0.1) is 0 Å². The first-order chi connectivity index (χ1) is 10.4. The molecule has 0 fully saturated rings. The topological polar surface area (TPSA) is 67.4 Å². The van der Waals surface area contributed by atoms with Crippen LogP contribution in [0.15, 0.2) is 18.2 Å². The van der Waals surface area contributed by atoms with Crippen molar-refractivity contribution in [3.63, 3.8) is 0 Å². The number of carbonyl (C=O) groups excluding carboxylic acids is 2. The van der Waals surface area contributed by atoms with E-state index in [2.05, 4.69) is 10.6 Å². The van der Waals surface area contributed by atoms with Crippen molar-refractivity contribution in [2.75, 3.05) is 6.54 Å². The van der Waals surface area contributed by atoms with Crippen LogP contribution >= 0.6 is 0 Å². The Bertz CT molecular complexity index is 592. The first-order valence-corrected chi connectivity index (χ1v) is 7.45. The van der Waals surface area contributed by atoms with E-state index in [9.17, 15) is 14.0 Å². The molecule has 0 atom stereocenters. The lowest BCUT2D eigenvalue weighted by Gasteiger charge is -2.28. The van der Waals surface area contributed by atoms with Crippen LogP contribution in [0.4, 0.5) is 9.18 Å². The monoisotopic (exact) mass is 324 g/mol. The molecule has 1 rings (SSSR count). The summed E-state index contributed by atoms with van der Waals surface area (Å²) in [5.74, 6) is -0.831. The lowest BCUT2D eigenvalue weighted by Crippen LogP contribution is -2.52. The van der Waals surface area contributed by atoms with E-state index < -0.39 is 29.0 Å². The average molecular weight is 324 g/mol. The molecule has 0 unspecified atom stereocenters. The van der Waals surface area contributed by atoms with Crippen LogP contribution < -0.4 is 10.6 Å². The van der Waals surface area contributed by atoms with Crippen molar-refractivity contribution in [2.24, 2.45) is 0 Å². The van der Waals surface area contributed by atoms with E-state index in [1.54, 1.807) is 53.7 Å². The van der Waals surface area contributed by atoms with E-state index in [1.807, 2.05) is 0 Å². The Hall–Kier alpha value is -2.11. The fraction of sp³-hybridized carbons (Fsp3) is 0.529. The number of carbonyl (C=O) groups is 2. The van der Waals surface area contributed by atoms with Crippen LogP contribution in [0.3, 0.4) is 0 Å². The molecule has 0 aliphatic carbocycles. The average Bonchev–Trinajstić information content (AvgIpc) is 2.37. The van der Waals surface area contributed by atoms with Gasteiger partial charge in [-0.25, -0.2) is 9.18 Å². The highest BCUT2D eigenvalue weighted by Crippen LogP contribution is 2.11. The SMILES string of the molecule is Cc1ccc(C(=O)NC(C)(C)CNC(=O)OC(C)(C)C)cc1F. The van der Waals surface area contributed by atoms with Crippen LogP contribution in [0, 0.1) is 12.7 Å². The zero-order chi connectivity index (χ0) is 17.8. The Labute approximate surface area is 136 Å². The summed E-state index contributed by atoms with van der Waals surface area (Å²) in [5.41, 5.74) is -0.586. The Kier molecular flexibility index (Phi) is 5.75. The first kappa shape index (κ1) is 18.9. The van der Waals surface area contributed by atoms with Gasteiger partial charge in [0.05, 0.1) is 5.54 Å². The van der Waals surface area contributed by atoms with Gasteiger partial charge in [0.2, 0.25) is 0 Å². The summed E-state index contributed by atoms with van der Waals surface area (Å²) < 4.78 is 18.7. The standard InChI is InChI=1S/C17H25FN2O3/c1-11-7-8-12(9-13(11)18)14(21)20-17(5,6)10-19-15(22)23-16(2,3)4/h7-9H,10H2,1-6H3,(H,19,22)(H,20,21). The Balaban J connectivity index is 2.61. The van der Waals surface area contributed by atoms with Crippen LogP contribution in [-0.4, -0.2) is 29.7 Å². The van der Waals surface area contributed by atoms with Crippen molar-refractivity contribution in [1.82, 2.24) is 10.6 Å². The molecule has 2 N–H and O–H groups in total. The molecule has 0 radical (unpaired) electrons. The minimum atomic E-state index is -0.713. The molecule has 0 saturated heterocycles. The second-order valence-corrected chi connectivity index (χ2v) is 7.16. The van der Waals surface area contributed by atoms with E-state index in [4.69, 9.17) is 4.74 Å². The Morgan fingerprint density at radius 1 is 1.17 bits per heavy atom. The van der Waals surface area contributed by atoms with Gasteiger partial charge in [-0.1, -0.05) is 6.07 Å². The van der Waals surface area contributed by atoms with Crippen molar-refractivity contribution < 1.29 is 18.7 Å². The molecule has 1 aromatic carbocycles. The normalized spacial score (nSPS) is 11.8. The van der Waals surface area contributed by atoms with Gasteiger partial charge in [0, 0.05) is 12.1 Å². The summed E-state index contributed by atoms with van der Waals surface area (Å²) in [7, 11) is 0. The fourth-order valence-corrected chi connectivity index (χ4v) is 1.77. The number of nitrogens with one attached hydrogen (secondary N) is 2. The molecular weight excluding hydrogens is 299 g/mol. The maximum Gasteiger partial charge on any atom is 0.407 e. The van der Waals surface area contributed by atoms with Crippen molar-refractivity contribution in [2.45, 2.75) is 52.7 Å². The smallest absolute Gasteiger partial charge is 0.407 e. The predicted octanol–water partition coefficient (Wildman–Crippen LogP) is 3.17. The molecule has 0 heterocycles. The largest absolute Gasteiger partial charge is 0.444 e. The second kappa shape index (κ2) is 6.98. The molecule has 0 bridgehead atoms. The van der Waals surface area contributed by atoms with Gasteiger partial charge in [0.15, 0.2) is 0 Å². The minimum Gasteiger partial charge on any atom is -0.444 e. The maximum atomic E-state index is 13.5. The van der Waals surface area contributed by atoms with Crippen LogP contribution in [0.5, 0.6) is 0 Å². The quantitative estimate of drug-likeness (QED) is 0.894. The van der Waals surface area contributed by atoms with E-state index in [-0.39, 0.29) is 12.1 Å². The molecule has 6 heteroatoms. The molecule has 0 aromatic heterocycles. The summed E-state index contributed by atoms with van der Waals surface area (Å²) >= 11 is 0. The van der Waals surface area contributed by atoms with E-state index in [0.717, 1.165) is 0 Å². The van der Waals surface area contributed by atoms with Gasteiger partial charge < -0.3 is 15.4 Å². The van der Waals surface area contributed by atoms with Gasteiger partial charge in [0.1, 0.15) is 11.4 Å². The zero-order valence-corrected chi connectivity index (χ0v) is 14.5. The zero-order valence-electron chi connectivity index (χ0n) is 14.5. The fourth-order valence-electron chi connectivity index (χ4n) is 1.77. The molecule has 2 amide bonds. The maximum absolute atomic E-state index is 13.5. The highest BCUT2D eigenvalue weighted by Gasteiger charge is 2.24. The number of amides is 2. The molecular formula is C17H25FN2O3. The molecule has 5 nitrogen and oxygen atoms in total. The third-order valence-electron chi connectivity index (χ3n) is 2.96. The minimum absolute atomic E-state index is 0.183. The van der Waals surface area contributed by atoms with Crippen molar-refractivity contribution in [1.29, 1.82) is 0 Å². The third kappa shape index (κ3) is 6.67. The Morgan fingerprint density at radius 3 is 2.30 bits per heavy atom. The van der Waals surface area contributed by atoms with Crippen LogP contribution in [0.1, 0.15) is 50.5 Å². The number of alkyl carbamates (subject to hydrolysis) is 1. The third-order valence-corrected chi connectivity index (χ3v) is 2.96. The van der Waals surface area contributed by atoms with Crippen molar-refractivity contribution >= 4 is 12.0 Å². The summed E-state index contributed by atoms with van der Waals surface area (Å²) in [6.45, 7) is 10.6. The lowest BCUT2D eigenvalue weighted by molar-refractivity contribution is 0.0509. The van der Waals surface area contributed by atoms with E-state index in [0.29, 0.717) is 5.56 Å². The molecule has 0 aliphatic heterocycles. The summed E-state index contributed by atoms with van der Waals surface area (Å²) in [4.78, 5) is 23.8. The van der Waals surface area contributed by atoms with Gasteiger partial charge >= 0.3 is 6.09 Å². The predicted molar refractivity (Wildman–Crippen MR) is 86.9 cm³/mol. The van der Waals surface area contributed by atoms with Crippen LogP contribution in [-0.2, 0) is 4.74 Å². The summed E-state index contributed by atoms with van der Waals surface area (Å²) in [6.07, 6.45) is -0.554. The highest BCUT2D eigenvalue weighted by atomic mass is 19.1. The Morgan fingerprint density at radius 2 is 1.78 bits per heavy atom. The van der Waals surface area contributed by atoms with Gasteiger partial charge in [-0.2, -0.15) is 0 Å². The van der Waals surface area contributed by atoms with Crippen molar-refractivity contribution in [3.05, 3.63) is 35.1 Å². The van der Waals surface area contributed by atoms with Crippen LogP contribution in [0.25, 0.3) is 0 Å². The molecule has 128 valence electrons. The number of aryl methyl sites for hydroxylation is 1. The number of hydrogen-bond donors (Lipinski definition) is 2. The summed E-state index contributed by atoms with van der Waals surface area (Å²) in [5, 5.41) is 5.37. The number of halogens is 1. The number of ether oxygens (including phenoxy) is 1. The van der Waals surface area contributed by atoms with Crippen LogP contribution in [0.2, 0.25) is 0 Å². The highest BCUT2D eigenvalue weighted by molar-refractivity contribution is 5.94. The number of rotatable bonds is 4. The molecule has 0 spiro atoms. The molecule has 0 saturated carbocycles. The van der Waals surface area contributed by atoms with E-state index >= 15 is 0 Å². The molecule has 1 aromatic rings. The second-order valence-electron chi connectivity index (χ2n) is 7.16. The van der Waals surface area contributed by atoms with Crippen molar-refractivity contribution in [3.8, 4) is 0 Å². The summed E-state index contributed by atoms with van der Waals surface area (Å²) in [6, 6.07) is 4.31. The molecule has 0 aliphatic rings. The lowest BCUT2D eigenvalue weighted by atomic mass is 10.0. The first-order valence-electron chi connectivity index (χ1n) is 7.45. The van der Waals surface area contributed by atoms with E-state index in [1.165, 1.54) is 6.07 Å². The van der Waals surface area contributed by atoms with Gasteiger partial charge in [-0.3, -0.25) is 4.79 Å². The number of benzene rings is 1. The van der Waals surface area contributed by atoms with Gasteiger partial charge in [0.25, 0.3) is 5.91 Å². The molecule has 23 heavy (non-hydrogen) atoms.